The number of aromatic nitrogens is 2. The summed E-state index contributed by atoms with van der Waals surface area (Å²) in [5, 5.41) is 13.2. The van der Waals surface area contributed by atoms with E-state index in [1.54, 1.807) is 30.3 Å². The number of aliphatic carboxylic acids is 1. The van der Waals surface area contributed by atoms with Crippen molar-refractivity contribution < 1.29 is 27.8 Å². The smallest absolute Gasteiger partial charge is 0.435 e. The van der Waals surface area contributed by atoms with Crippen LogP contribution in [0.25, 0.3) is 5.69 Å². The molecule has 4 rings (SSSR count). The summed E-state index contributed by atoms with van der Waals surface area (Å²) in [5.74, 6) is -0.358. The van der Waals surface area contributed by atoms with Crippen LogP contribution in [0.15, 0.2) is 48.5 Å². The highest BCUT2D eigenvalue weighted by Gasteiger charge is 2.35. The molecule has 0 saturated heterocycles. The van der Waals surface area contributed by atoms with E-state index >= 15 is 0 Å². The normalized spacial score (nSPS) is 15.7. The summed E-state index contributed by atoms with van der Waals surface area (Å²) in [6, 6.07) is 12.6. The minimum Gasteiger partial charge on any atom is -0.487 e. The van der Waals surface area contributed by atoms with E-state index in [4.69, 9.17) is 21.4 Å². The number of alkyl halides is 3. The first kappa shape index (κ1) is 21.2. The van der Waals surface area contributed by atoms with Gasteiger partial charge in [0.1, 0.15) is 12.4 Å². The number of fused-ring (bicyclic) bond motifs is 1. The summed E-state index contributed by atoms with van der Waals surface area (Å²) in [6.45, 7) is -0.122. The number of rotatable bonds is 6. The molecule has 31 heavy (non-hydrogen) atoms. The van der Waals surface area contributed by atoms with E-state index in [-0.39, 0.29) is 24.6 Å². The molecule has 3 aromatic rings. The van der Waals surface area contributed by atoms with Crippen molar-refractivity contribution in [2.24, 2.45) is 0 Å². The molecule has 0 amide bonds. The van der Waals surface area contributed by atoms with E-state index in [2.05, 4.69) is 5.10 Å². The zero-order valence-corrected chi connectivity index (χ0v) is 17.0. The number of benzene rings is 2. The highest BCUT2D eigenvalue weighted by molar-refractivity contribution is 6.30. The number of aryl methyl sites for hydroxylation is 1. The third-order valence-corrected chi connectivity index (χ3v) is 5.52. The molecule has 1 unspecified atom stereocenters. The van der Waals surface area contributed by atoms with E-state index in [9.17, 15) is 18.0 Å². The van der Waals surface area contributed by atoms with Crippen LogP contribution in [0, 0.1) is 0 Å². The Balaban J connectivity index is 1.56. The van der Waals surface area contributed by atoms with Gasteiger partial charge < -0.3 is 9.84 Å². The predicted octanol–water partition coefficient (Wildman–Crippen LogP) is 5.63. The maximum Gasteiger partial charge on any atom is 0.435 e. The van der Waals surface area contributed by atoms with Gasteiger partial charge in [-0.25, -0.2) is 4.68 Å². The molecule has 1 aliphatic carbocycles. The fraction of sp³-hybridized carbons (Fsp3) is 0.273. The number of hydrogen-bond donors (Lipinski definition) is 1. The Morgan fingerprint density at radius 2 is 1.94 bits per heavy atom. The summed E-state index contributed by atoms with van der Waals surface area (Å²) >= 11 is 5.88. The number of hydrogen-bond acceptors (Lipinski definition) is 3. The van der Waals surface area contributed by atoms with Gasteiger partial charge in [0.2, 0.25) is 0 Å². The molecule has 1 heterocycles. The average Bonchev–Trinajstić information content (AvgIpc) is 3.31. The summed E-state index contributed by atoms with van der Waals surface area (Å²) in [4.78, 5) is 11.0. The number of carboxylic acids is 1. The van der Waals surface area contributed by atoms with Crippen LogP contribution < -0.4 is 4.74 Å². The first-order valence-electron chi connectivity index (χ1n) is 9.60. The molecule has 1 N–H and O–H groups in total. The van der Waals surface area contributed by atoms with E-state index in [0.717, 1.165) is 30.0 Å². The second-order valence-electron chi connectivity index (χ2n) is 7.39. The molecule has 0 bridgehead atoms. The maximum atomic E-state index is 13.2. The molecule has 0 radical (unpaired) electrons. The molecule has 5 nitrogen and oxygen atoms in total. The van der Waals surface area contributed by atoms with Crippen molar-refractivity contribution in [2.45, 2.75) is 38.0 Å². The predicted molar refractivity (Wildman–Crippen MR) is 108 cm³/mol. The van der Waals surface area contributed by atoms with Gasteiger partial charge in [-0.1, -0.05) is 17.7 Å². The van der Waals surface area contributed by atoms with Gasteiger partial charge in [-0.3, -0.25) is 4.79 Å². The largest absolute Gasteiger partial charge is 0.487 e. The van der Waals surface area contributed by atoms with Crippen molar-refractivity contribution in [3.8, 4) is 11.4 Å². The fourth-order valence-electron chi connectivity index (χ4n) is 3.82. The molecule has 0 aliphatic heterocycles. The molecular formula is C22H18ClF3N2O3. The van der Waals surface area contributed by atoms with Crippen LogP contribution in [0.3, 0.4) is 0 Å². The first-order chi connectivity index (χ1) is 14.7. The lowest BCUT2D eigenvalue weighted by molar-refractivity contribution is -0.141. The lowest BCUT2D eigenvalue weighted by Gasteiger charge is -2.12. The van der Waals surface area contributed by atoms with Gasteiger partial charge in [0.15, 0.2) is 5.69 Å². The summed E-state index contributed by atoms with van der Waals surface area (Å²) in [5.41, 5.74) is 1.65. The molecule has 0 spiro atoms. The van der Waals surface area contributed by atoms with E-state index < -0.39 is 17.8 Å². The van der Waals surface area contributed by atoms with Crippen LogP contribution in [-0.2, 0) is 24.0 Å². The number of carboxylic acid groups (broad SMARTS) is 1. The van der Waals surface area contributed by atoms with Crippen LogP contribution in [0.2, 0.25) is 5.02 Å². The molecule has 0 fully saturated rings. The zero-order chi connectivity index (χ0) is 22.2. The van der Waals surface area contributed by atoms with Crippen LogP contribution >= 0.6 is 11.6 Å². The van der Waals surface area contributed by atoms with E-state index in [1.807, 2.05) is 12.1 Å². The van der Waals surface area contributed by atoms with Crippen LogP contribution in [0.5, 0.6) is 5.75 Å². The Morgan fingerprint density at radius 3 is 2.61 bits per heavy atom. The van der Waals surface area contributed by atoms with Gasteiger partial charge in [0.25, 0.3) is 0 Å². The maximum absolute atomic E-state index is 13.2. The Hall–Kier alpha value is -3.00. The molecule has 2 aromatic carbocycles. The molecule has 0 saturated carbocycles. The molecule has 1 atom stereocenters. The third kappa shape index (κ3) is 4.69. The minimum absolute atomic E-state index is 0.0257. The summed E-state index contributed by atoms with van der Waals surface area (Å²) in [7, 11) is 0. The topological polar surface area (TPSA) is 64.3 Å². The number of carbonyl (C=O) groups is 1. The quantitative estimate of drug-likeness (QED) is 0.528. The van der Waals surface area contributed by atoms with E-state index in [0.29, 0.717) is 16.5 Å². The Labute approximate surface area is 181 Å². The molecular weight excluding hydrogens is 433 g/mol. The van der Waals surface area contributed by atoms with Gasteiger partial charge in [0.05, 0.1) is 17.8 Å². The first-order valence-corrected chi connectivity index (χ1v) is 9.98. The Kier molecular flexibility index (Phi) is 5.66. The van der Waals surface area contributed by atoms with Gasteiger partial charge in [-0.15, -0.1) is 0 Å². The van der Waals surface area contributed by atoms with Crippen LogP contribution in [0.1, 0.15) is 41.3 Å². The highest BCUT2D eigenvalue weighted by Crippen LogP contribution is 2.37. The number of nitrogens with zero attached hydrogens (tertiary/aromatic N) is 2. The Morgan fingerprint density at radius 1 is 1.19 bits per heavy atom. The standard InChI is InChI=1S/C22H18ClF3N2O3/c23-15-3-5-16(6-4-15)28-17(11-20(27-28)22(24,25)26)12-31-18-7-8-19-13(9-18)1-2-14(19)10-21(29)30/h3-9,11,14H,1-2,10,12H2,(H,29,30). The van der Waals surface area contributed by atoms with Gasteiger partial charge in [-0.05, 0) is 72.4 Å². The van der Waals surface area contributed by atoms with Crippen LogP contribution in [-0.4, -0.2) is 20.9 Å². The minimum atomic E-state index is -4.58. The van der Waals surface area contributed by atoms with Crippen LogP contribution in [0.4, 0.5) is 13.2 Å². The number of halogens is 4. The van der Waals surface area contributed by atoms with Gasteiger partial charge >= 0.3 is 12.1 Å². The van der Waals surface area contributed by atoms with Crippen molar-refractivity contribution in [1.82, 2.24) is 9.78 Å². The molecule has 162 valence electrons. The highest BCUT2D eigenvalue weighted by atomic mass is 35.5. The lowest BCUT2D eigenvalue weighted by Crippen LogP contribution is -2.08. The van der Waals surface area contributed by atoms with Crippen molar-refractivity contribution in [3.05, 3.63) is 76.1 Å². The van der Waals surface area contributed by atoms with Crippen molar-refractivity contribution >= 4 is 17.6 Å². The van der Waals surface area contributed by atoms with Crippen molar-refractivity contribution in [3.63, 3.8) is 0 Å². The Bertz CT molecular complexity index is 1110. The van der Waals surface area contributed by atoms with E-state index in [1.165, 1.54) is 4.68 Å². The van der Waals surface area contributed by atoms with Crippen molar-refractivity contribution in [2.75, 3.05) is 0 Å². The van der Waals surface area contributed by atoms with Gasteiger partial charge in [-0.2, -0.15) is 18.3 Å². The monoisotopic (exact) mass is 450 g/mol. The number of ether oxygens (including phenoxy) is 1. The average molecular weight is 451 g/mol. The molecule has 1 aromatic heterocycles. The van der Waals surface area contributed by atoms with Crippen molar-refractivity contribution in [1.29, 1.82) is 0 Å². The fourth-order valence-corrected chi connectivity index (χ4v) is 3.94. The van der Waals surface area contributed by atoms with Gasteiger partial charge in [0, 0.05) is 5.02 Å². The lowest BCUT2D eigenvalue weighted by atomic mass is 9.98. The second-order valence-corrected chi connectivity index (χ2v) is 7.83. The third-order valence-electron chi connectivity index (χ3n) is 5.27. The second kappa shape index (κ2) is 8.26. The SMILES string of the molecule is O=C(O)CC1CCc2cc(OCc3cc(C(F)(F)F)nn3-c3ccc(Cl)cc3)ccc21. The zero-order valence-electron chi connectivity index (χ0n) is 16.2. The molecule has 9 heteroatoms. The summed E-state index contributed by atoms with van der Waals surface area (Å²) in [6.07, 6.45) is -3.01. The summed E-state index contributed by atoms with van der Waals surface area (Å²) < 4.78 is 46.6. The molecule has 1 aliphatic rings.